The fraction of sp³-hybridized carbons (Fsp3) is 0.579. The summed E-state index contributed by atoms with van der Waals surface area (Å²) < 4.78 is 1.20. The SMILES string of the molecule is C[N+]1(C)C2CCC1CC(CC(O)(c1ccsc1)c1ccsc1)C2.[Br-]. The van der Waals surface area contributed by atoms with Crippen LogP contribution in [0.2, 0.25) is 0 Å². The molecule has 0 saturated carbocycles. The molecule has 4 heterocycles. The van der Waals surface area contributed by atoms with Crippen LogP contribution in [0.15, 0.2) is 33.7 Å². The average Bonchev–Trinajstić information content (AvgIpc) is 3.22. The number of hydrogen-bond donors (Lipinski definition) is 1. The Kier molecular flexibility index (Phi) is 5.30. The summed E-state index contributed by atoms with van der Waals surface area (Å²) in [7, 11) is 4.81. The van der Waals surface area contributed by atoms with E-state index in [1.807, 2.05) is 0 Å². The van der Waals surface area contributed by atoms with Crippen LogP contribution < -0.4 is 17.0 Å². The van der Waals surface area contributed by atoms with E-state index in [1.165, 1.54) is 30.2 Å². The maximum absolute atomic E-state index is 11.6. The maximum Gasteiger partial charge on any atom is 0.116 e. The Balaban J connectivity index is 0.00000169. The van der Waals surface area contributed by atoms with Crippen molar-refractivity contribution < 1.29 is 26.6 Å². The number of rotatable bonds is 4. The van der Waals surface area contributed by atoms with Gasteiger partial charge >= 0.3 is 0 Å². The van der Waals surface area contributed by atoms with E-state index >= 15 is 0 Å². The zero-order valence-electron chi connectivity index (χ0n) is 14.3. The van der Waals surface area contributed by atoms with Crippen LogP contribution in [-0.4, -0.2) is 35.8 Å². The van der Waals surface area contributed by atoms with Crippen molar-refractivity contribution in [2.45, 2.75) is 49.8 Å². The van der Waals surface area contributed by atoms with Gasteiger partial charge in [-0.3, -0.25) is 0 Å². The molecule has 2 fully saturated rings. The summed E-state index contributed by atoms with van der Waals surface area (Å²) in [5.41, 5.74) is 1.35. The Bertz CT molecular complexity index is 603. The summed E-state index contributed by atoms with van der Waals surface area (Å²) in [4.78, 5) is 0. The highest BCUT2D eigenvalue weighted by atomic mass is 79.9. The summed E-state index contributed by atoms with van der Waals surface area (Å²) >= 11 is 3.36. The molecule has 2 bridgehead atoms. The first-order chi connectivity index (χ1) is 11.0. The van der Waals surface area contributed by atoms with Crippen molar-refractivity contribution in [3.05, 3.63) is 44.8 Å². The number of hydrogen-bond acceptors (Lipinski definition) is 3. The largest absolute Gasteiger partial charge is 1.00 e. The number of halogens is 1. The van der Waals surface area contributed by atoms with Gasteiger partial charge in [0.15, 0.2) is 0 Å². The molecule has 0 radical (unpaired) electrons. The predicted molar refractivity (Wildman–Crippen MR) is 97.9 cm³/mol. The van der Waals surface area contributed by atoms with Crippen molar-refractivity contribution >= 4 is 22.7 Å². The topological polar surface area (TPSA) is 20.2 Å². The van der Waals surface area contributed by atoms with Crippen LogP contribution in [0, 0.1) is 5.92 Å². The molecule has 24 heavy (non-hydrogen) atoms. The lowest BCUT2D eigenvalue weighted by molar-refractivity contribution is -0.931. The van der Waals surface area contributed by atoms with Crippen molar-refractivity contribution in [3.8, 4) is 0 Å². The lowest BCUT2D eigenvalue weighted by atomic mass is 9.76. The number of fused-ring (bicyclic) bond motifs is 2. The molecular formula is C19H26BrNOS2. The van der Waals surface area contributed by atoms with Crippen LogP contribution in [0.5, 0.6) is 0 Å². The monoisotopic (exact) mass is 427 g/mol. The Hall–Kier alpha value is -0.200. The Labute approximate surface area is 163 Å². The molecule has 2 aromatic rings. The zero-order valence-corrected chi connectivity index (χ0v) is 17.5. The predicted octanol–water partition coefficient (Wildman–Crippen LogP) is 1.46. The Morgan fingerprint density at radius 1 is 1.04 bits per heavy atom. The standard InChI is InChI=1S/C19H26NOS2.BrH/c1-20(2)17-3-4-18(20)10-14(9-17)11-19(21,15-5-7-22-12-15)16-6-8-23-13-16;/h5-8,12-14,17-18,21H,3-4,9-11H2,1-2H3;1H/q+1;/p-1. The molecule has 2 unspecified atom stereocenters. The lowest BCUT2D eigenvalue weighted by Gasteiger charge is -2.45. The highest BCUT2D eigenvalue weighted by molar-refractivity contribution is 7.08. The van der Waals surface area contributed by atoms with Gasteiger partial charge in [-0.25, -0.2) is 0 Å². The van der Waals surface area contributed by atoms with Gasteiger partial charge in [0, 0.05) is 25.7 Å². The van der Waals surface area contributed by atoms with E-state index < -0.39 is 5.60 Å². The van der Waals surface area contributed by atoms with Gasteiger partial charge in [0.2, 0.25) is 0 Å². The van der Waals surface area contributed by atoms with E-state index in [-0.39, 0.29) is 17.0 Å². The minimum absolute atomic E-state index is 0. The molecule has 0 aromatic carbocycles. The first-order valence-corrected chi connectivity index (χ1v) is 10.5. The van der Waals surface area contributed by atoms with Crippen molar-refractivity contribution in [1.29, 1.82) is 0 Å². The molecule has 2 aliphatic rings. The maximum atomic E-state index is 11.6. The molecule has 5 heteroatoms. The van der Waals surface area contributed by atoms with Gasteiger partial charge in [-0.2, -0.15) is 22.7 Å². The van der Waals surface area contributed by atoms with Gasteiger partial charge in [-0.15, -0.1) is 0 Å². The van der Waals surface area contributed by atoms with Gasteiger partial charge < -0.3 is 26.6 Å². The number of quaternary nitrogens is 1. The molecule has 0 amide bonds. The quantitative estimate of drug-likeness (QED) is 0.732. The fourth-order valence-corrected chi connectivity index (χ4v) is 6.43. The third kappa shape index (κ3) is 3.03. The minimum atomic E-state index is -0.807. The number of nitrogens with zero attached hydrogens (tertiary/aromatic N) is 1. The van der Waals surface area contributed by atoms with Crippen LogP contribution in [0.1, 0.15) is 43.2 Å². The van der Waals surface area contributed by atoms with E-state index in [1.54, 1.807) is 22.7 Å². The molecule has 2 saturated heterocycles. The van der Waals surface area contributed by atoms with Gasteiger partial charge in [0.1, 0.15) is 5.60 Å². The smallest absolute Gasteiger partial charge is 0.116 e. The molecule has 132 valence electrons. The van der Waals surface area contributed by atoms with Crippen LogP contribution in [0.4, 0.5) is 0 Å². The Morgan fingerprint density at radius 2 is 1.54 bits per heavy atom. The summed E-state index contributed by atoms with van der Waals surface area (Å²) in [6.45, 7) is 0. The van der Waals surface area contributed by atoms with E-state index in [4.69, 9.17) is 0 Å². The van der Waals surface area contributed by atoms with E-state index in [9.17, 15) is 5.11 Å². The van der Waals surface area contributed by atoms with Gasteiger partial charge in [0.05, 0.1) is 26.2 Å². The molecule has 0 aliphatic carbocycles. The lowest BCUT2D eigenvalue weighted by Crippen LogP contribution is -3.00. The van der Waals surface area contributed by atoms with E-state index in [2.05, 4.69) is 47.7 Å². The second-order valence-electron chi connectivity index (χ2n) is 7.94. The third-order valence-electron chi connectivity index (χ3n) is 6.51. The highest BCUT2D eigenvalue weighted by Crippen LogP contribution is 2.47. The molecule has 2 aliphatic heterocycles. The second kappa shape index (κ2) is 6.84. The summed E-state index contributed by atoms with van der Waals surface area (Å²) in [5, 5.41) is 20.0. The summed E-state index contributed by atoms with van der Waals surface area (Å²) in [5.74, 6) is 0.628. The minimum Gasteiger partial charge on any atom is -1.00 e. The Morgan fingerprint density at radius 3 is 1.96 bits per heavy atom. The van der Waals surface area contributed by atoms with Crippen molar-refractivity contribution in [1.82, 2.24) is 0 Å². The summed E-state index contributed by atoms with van der Waals surface area (Å²) in [6.07, 6.45) is 6.13. The van der Waals surface area contributed by atoms with Crippen LogP contribution in [0.25, 0.3) is 0 Å². The van der Waals surface area contributed by atoms with Gasteiger partial charge in [-0.05, 0) is 57.1 Å². The second-order valence-corrected chi connectivity index (χ2v) is 9.50. The molecule has 2 aromatic heterocycles. The molecule has 4 rings (SSSR count). The molecular weight excluding hydrogens is 402 g/mol. The average molecular weight is 428 g/mol. The number of thiophene rings is 2. The molecule has 0 spiro atoms. The van der Waals surface area contributed by atoms with Gasteiger partial charge in [-0.1, -0.05) is 0 Å². The molecule has 2 atom stereocenters. The van der Waals surface area contributed by atoms with Crippen LogP contribution in [-0.2, 0) is 5.60 Å². The zero-order chi connectivity index (χ0) is 16.1. The van der Waals surface area contributed by atoms with Crippen molar-refractivity contribution in [2.75, 3.05) is 14.1 Å². The van der Waals surface area contributed by atoms with Gasteiger partial charge in [0.25, 0.3) is 0 Å². The van der Waals surface area contributed by atoms with Crippen LogP contribution >= 0.6 is 22.7 Å². The molecule has 2 nitrogen and oxygen atoms in total. The fourth-order valence-electron chi connectivity index (χ4n) is 4.98. The first kappa shape index (κ1) is 18.6. The molecule has 1 N–H and O–H groups in total. The van der Waals surface area contributed by atoms with Crippen molar-refractivity contribution in [2.24, 2.45) is 5.92 Å². The number of aliphatic hydroxyl groups is 1. The van der Waals surface area contributed by atoms with Crippen molar-refractivity contribution in [3.63, 3.8) is 0 Å². The third-order valence-corrected chi connectivity index (χ3v) is 7.87. The van der Waals surface area contributed by atoms with E-state index in [0.29, 0.717) is 5.92 Å². The summed E-state index contributed by atoms with van der Waals surface area (Å²) in [6, 6.07) is 5.76. The van der Waals surface area contributed by atoms with Crippen LogP contribution in [0.3, 0.4) is 0 Å². The first-order valence-electron chi connectivity index (χ1n) is 8.61. The normalized spacial score (nSPS) is 28.5. The highest BCUT2D eigenvalue weighted by Gasteiger charge is 2.50. The number of piperidine rings is 1. The van der Waals surface area contributed by atoms with E-state index in [0.717, 1.165) is 29.6 Å².